The molecule has 2 atom stereocenters. The van der Waals surface area contributed by atoms with Crippen molar-refractivity contribution in [3.63, 3.8) is 0 Å². The van der Waals surface area contributed by atoms with Crippen molar-refractivity contribution in [2.45, 2.75) is 32.0 Å². The summed E-state index contributed by atoms with van der Waals surface area (Å²) in [6.07, 6.45) is -3.46. The van der Waals surface area contributed by atoms with E-state index in [2.05, 4.69) is 4.74 Å². The third-order valence-corrected chi connectivity index (χ3v) is 3.85. The number of ether oxygens (including phenoxy) is 1. The van der Waals surface area contributed by atoms with Gasteiger partial charge in [0.25, 0.3) is 0 Å². The van der Waals surface area contributed by atoms with Gasteiger partial charge in [0.05, 0.1) is 6.04 Å². The van der Waals surface area contributed by atoms with E-state index in [1.165, 1.54) is 23.1 Å². The number of nitrogens with zero attached hydrogens (tertiary/aromatic N) is 1. The van der Waals surface area contributed by atoms with Gasteiger partial charge in [-0.1, -0.05) is 19.1 Å². The normalized spacial score (nSPS) is 21.5. The number of piperidine rings is 1. The van der Waals surface area contributed by atoms with Gasteiger partial charge in [0.15, 0.2) is 6.61 Å². The Labute approximate surface area is 136 Å². The van der Waals surface area contributed by atoms with Gasteiger partial charge in [0.2, 0.25) is 0 Å². The number of esters is 1. The summed E-state index contributed by atoms with van der Waals surface area (Å²) in [7, 11) is 0. The second kappa shape index (κ2) is 7.19. The van der Waals surface area contributed by atoms with E-state index in [0.29, 0.717) is 12.0 Å². The Hall–Kier alpha value is -2.12. The number of carbonyl (C=O) groups excluding carboxylic acids is 2. The van der Waals surface area contributed by atoms with Crippen LogP contribution in [0, 0.1) is 11.7 Å². The Morgan fingerprint density at radius 3 is 2.62 bits per heavy atom. The lowest BCUT2D eigenvalue weighted by Crippen LogP contribution is -2.45. The third kappa shape index (κ3) is 4.69. The number of amides is 1. The Morgan fingerprint density at radius 2 is 2.00 bits per heavy atom. The van der Waals surface area contributed by atoms with Gasteiger partial charge < -0.3 is 9.64 Å². The molecule has 132 valence electrons. The Morgan fingerprint density at radius 1 is 1.29 bits per heavy atom. The smallest absolute Gasteiger partial charge is 0.422 e. The molecule has 0 radical (unpaired) electrons. The van der Waals surface area contributed by atoms with Crippen molar-refractivity contribution < 1.29 is 31.9 Å². The fourth-order valence-electron chi connectivity index (χ4n) is 2.76. The maximum Gasteiger partial charge on any atom is 0.422 e. The molecule has 4 nitrogen and oxygen atoms in total. The molecule has 0 N–H and O–H groups in total. The lowest BCUT2D eigenvalue weighted by atomic mass is 9.90. The van der Waals surface area contributed by atoms with Gasteiger partial charge >= 0.3 is 18.1 Å². The minimum absolute atomic E-state index is 0.0779. The van der Waals surface area contributed by atoms with Gasteiger partial charge in [-0.2, -0.15) is 13.2 Å². The monoisotopic (exact) mass is 347 g/mol. The summed E-state index contributed by atoms with van der Waals surface area (Å²) in [5.74, 6) is -3.10. The maximum atomic E-state index is 13.4. The molecular weight excluding hydrogens is 330 g/mol. The predicted molar refractivity (Wildman–Crippen MR) is 76.3 cm³/mol. The molecule has 0 bridgehead atoms. The maximum absolute atomic E-state index is 13.4. The average Bonchev–Trinajstić information content (AvgIpc) is 2.51. The molecule has 1 fully saturated rings. The molecule has 1 aliphatic rings. The van der Waals surface area contributed by atoms with E-state index in [9.17, 15) is 27.2 Å². The Balaban J connectivity index is 2.16. The highest BCUT2D eigenvalue weighted by molar-refractivity contribution is 6.32. The largest absolute Gasteiger partial charge is 0.449 e. The number of alkyl halides is 3. The van der Waals surface area contributed by atoms with E-state index < -0.39 is 36.5 Å². The first-order valence-corrected chi connectivity index (χ1v) is 7.47. The van der Waals surface area contributed by atoms with E-state index in [1.54, 1.807) is 6.07 Å². The first-order valence-electron chi connectivity index (χ1n) is 7.47. The minimum atomic E-state index is -4.70. The SMILES string of the molecule is C[C@H]1CC[C@H](c2cccc(F)c2)N(C(=O)C(=O)OCC(F)(F)F)C1. The lowest BCUT2D eigenvalue weighted by Gasteiger charge is -2.38. The molecule has 1 heterocycles. The molecule has 1 saturated heterocycles. The summed E-state index contributed by atoms with van der Waals surface area (Å²) in [5, 5.41) is 0. The molecule has 2 rings (SSSR count). The first kappa shape index (κ1) is 18.2. The summed E-state index contributed by atoms with van der Waals surface area (Å²) < 4.78 is 53.8. The van der Waals surface area contributed by atoms with Crippen LogP contribution in [-0.2, 0) is 14.3 Å². The molecular formula is C16H17F4NO3. The van der Waals surface area contributed by atoms with Crippen LogP contribution in [0.4, 0.5) is 17.6 Å². The zero-order valence-corrected chi connectivity index (χ0v) is 13.0. The van der Waals surface area contributed by atoms with Gasteiger partial charge in [-0.15, -0.1) is 0 Å². The number of halogens is 4. The number of hydrogen-bond donors (Lipinski definition) is 0. The van der Waals surface area contributed by atoms with Crippen molar-refractivity contribution in [2.75, 3.05) is 13.2 Å². The summed E-state index contributed by atoms with van der Waals surface area (Å²) in [5.41, 5.74) is 0.499. The van der Waals surface area contributed by atoms with Crippen LogP contribution in [0.1, 0.15) is 31.4 Å². The number of likely N-dealkylation sites (tertiary alicyclic amines) is 1. The van der Waals surface area contributed by atoms with Crippen LogP contribution in [0.15, 0.2) is 24.3 Å². The molecule has 0 aromatic heterocycles. The number of hydrogen-bond acceptors (Lipinski definition) is 3. The quantitative estimate of drug-likeness (QED) is 0.469. The molecule has 1 amide bonds. The molecule has 8 heteroatoms. The van der Waals surface area contributed by atoms with Gasteiger partial charge in [-0.3, -0.25) is 4.79 Å². The predicted octanol–water partition coefficient (Wildman–Crippen LogP) is 3.23. The zero-order valence-electron chi connectivity index (χ0n) is 13.0. The first-order chi connectivity index (χ1) is 11.2. The highest BCUT2D eigenvalue weighted by atomic mass is 19.4. The minimum Gasteiger partial charge on any atom is -0.449 e. The lowest BCUT2D eigenvalue weighted by molar-refractivity contribution is -0.190. The van der Waals surface area contributed by atoms with Gasteiger partial charge in [-0.05, 0) is 36.5 Å². The van der Waals surface area contributed by atoms with Crippen LogP contribution in [-0.4, -0.2) is 36.1 Å². The number of benzene rings is 1. The summed E-state index contributed by atoms with van der Waals surface area (Å²) in [6, 6.07) is 5.03. The highest BCUT2D eigenvalue weighted by Gasteiger charge is 2.37. The Kier molecular flexibility index (Phi) is 5.46. The van der Waals surface area contributed by atoms with Crippen LogP contribution in [0.2, 0.25) is 0 Å². The van der Waals surface area contributed by atoms with Crippen molar-refractivity contribution in [3.05, 3.63) is 35.6 Å². The number of rotatable bonds is 2. The van der Waals surface area contributed by atoms with Crippen molar-refractivity contribution in [3.8, 4) is 0 Å². The molecule has 1 aromatic carbocycles. The molecule has 0 aliphatic carbocycles. The fourth-order valence-corrected chi connectivity index (χ4v) is 2.76. The van der Waals surface area contributed by atoms with Crippen LogP contribution >= 0.6 is 0 Å². The van der Waals surface area contributed by atoms with Crippen molar-refractivity contribution >= 4 is 11.9 Å². The highest BCUT2D eigenvalue weighted by Crippen LogP contribution is 2.33. The van der Waals surface area contributed by atoms with Crippen molar-refractivity contribution in [1.82, 2.24) is 4.90 Å². The van der Waals surface area contributed by atoms with Crippen LogP contribution < -0.4 is 0 Å². The Bertz CT molecular complexity index is 618. The van der Waals surface area contributed by atoms with Gasteiger partial charge in [0, 0.05) is 6.54 Å². The molecule has 24 heavy (non-hydrogen) atoms. The topological polar surface area (TPSA) is 46.6 Å². The fraction of sp³-hybridized carbons (Fsp3) is 0.500. The molecule has 1 aliphatic heterocycles. The van der Waals surface area contributed by atoms with E-state index in [-0.39, 0.29) is 12.5 Å². The summed E-state index contributed by atoms with van der Waals surface area (Å²) in [6.45, 7) is 0.246. The van der Waals surface area contributed by atoms with E-state index in [1.807, 2.05) is 6.92 Å². The van der Waals surface area contributed by atoms with Gasteiger partial charge in [0.1, 0.15) is 5.82 Å². The van der Waals surface area contributed by atoms with Crippen molar-refractivity contribution in [1.29, 1.82) is 0 Å². The second-order valence-electron chi connectivity index (χ2n) is 5.90. The van der Waals surface area contributed by atoms with E-state index in [4.69, 9.17) is 0 Å². The summed E-state index contributed by atoms with van der Waals surface area (Å²) in [4.78, 5) is 25.0. The molecule has 0 saturated carbocycles. The van der Waals surface area contributed by atoms with E-state index >= 15 is 0 Å². The van der Waals surface area contributed by atoms with Crippen LogP contribution in [0.3, 0.4) is 0 Å². The van der Waals surface area contributed by atoms with Gasteiger partial charge in [-0.25, -0.2) is 9.18 Å². The second-order valence-corrected chi connectivity index (χ2v) is 5.90. The zero-order chi connectivity index (χ0) is 17.9. The van der Waals surface area contributed by atoms with Crippen LogP contribution in [0.5, 0.6) is 0 Å². The van der Waals surface area contributed by atoms with Crippen LogP contribution in [0.25, 0.3) is 0 Å². The van der Waals surface area contributed by atoms with E-state index in [0.717, 1.165) is 6.42 Å². The number of carbonyl (C=O) groups is 2. The molecule has 0 unspecified atom stereocenters. The standard InChI is InChI=1S/C16H17F4NO3/c1-10-5-6-13(11-3-2-4-12(17)7-11)21(8-10)14(22)15(23)24-9-16(18,19)20/h2-4,7,10,13H,5-6,8-9H2,1H3/t10-,13+/m0/s1. The van der Waals surface area contributed by atoms with Crippen molar-refractivity contribution in [2.24, 2.45) is 5.92 Å². The molecule has 0 spiro atoms. The third-order valence-electron chi connectivity index (χ3n) is 3.85. The summed E-state index contributed by atoms with van der Waals surface area (Å²) >= 11 is 0. The average molecular weight is 347 g/mol. The molecule has 1 aromatic rings.